The Morgan fingerprint density at radius 2 is 1.85 bits per heavy atom. The molecule has 27 heavy (non-hydrogen) atoms. The number of amides is 1. The number of H-pyrrole nitrogens is 1. The van der Waals surface area contributed by atoms with Crippen LogP contribution in [-0.4, -0.2) is 22.0 Å². The molecule has 0 radical (unpaired) electrons. The first-order chi connectivity index (χ1) is 12.9. The van der Waals surface area contributed by atoms with E-state index in [1.54, 1.807) is 25.2 Å². The highest BCUT2D eigenvalue weighted by Gasteiger charge is 2.50. The predicted molar refractivity (Wildman–Crippen MR) is 107 cm³/mol. The first-order valence-electron chi connectivity index (χ1n) is 9.94. The van der Waals surface area contributed by atoms with Crippen LogP contribution in [0.25, 0.3) is 10.9 Å². The highest BCUT2D eigenvalue weighted by molar-refractivity contribution is 7.71. The molecule has 4 bridgehead atoms. The zero-order valence-electron chi connectivity index (χ0n) is 15.6. The molecule has 0 unspecified atom stereocenters. The van der Waals surface area contributed by atoms with Gasteiger partial charge >= 0.3 is 0 Å². The van der Waals surface area contributed by atoms with E-state index < -0.39 is 0 Å². The fourth-order valence-electron chi connectivity index (χ4n) is 6.32. The summed E-state index contributed by atoms with van der Waals surface area (Å²) >= 11 is 5.18. The van der Waals surface area contributed by atoms with Crippen molar-refractivity contribution < 1.29 is 4.79 Å². The van der Waals surface area contributed by atoms with E-state index in [4.69, 9.17) is 12.2 Å². The van der Waals surface area contributed by atoms with E-state index >= 15 is 0 Å². The number of rotatable bonds is 3. The lowest BCUT2D eigenvalue weighted by molar-refractivity contribution is -0.0503. The van der Waals surface area contributed by atoms with Gasteiger partial charge in [0, 0.05) is 19.2 Å². The van der Waals surface area contributed by atoms with Crippen LogP contribution >= 0.6 is 12.2 Å². The summed E-state index contributed by atoms with van der Waals surface area (Å²) < 4.78 is 1.77. The molecule has 4 aliphatic carbocycles. The van der Waals surface area contributed by atoms with Crippen LogP contribution in [0.3, 0.4) is 0 Å². The van der Waals surface area contributed by atoms with Gasteiger partial charge in [0.05, 0.1) is 10.9 Å². The molecule has 1 aromatic heterocycles. The lowest BCUT2D eigenvalue weighted by Crippen LogP contribution is -2.51. The van der Waals surface area contributed by atoms with Crippen molar-refractivity contribution in [2.75, 3.05) is 6.54 Å². The van der Waals surface area contributed by atoms with E-state index in [0.717, 1.165) is 24.3 Å². The number of hydrogen-bond donors (Lipinski definition) is 2. The van der Waals surface area contributed by atoms with Gasteiger partial charge in [0.1, 0.15) is 0 Å². The van der Waals surface area contributed by atoms with E-state index in [1.807, 2.05) is 0 Å². The maximum absolute atomic E-state index is 12.8. The summed E-state index contributed by atoms with van der Waals surface area (Å²) in [4.78, 5) is 28.1. The SMILES string of the molecule is Cn1c(=S)[nH]c2cc(C(=O)NCC34CC5CC(CC(C5)C3)C4)ccc2c1=O. The van der Waals surface area contributed by atoms with Crippen molar-refractivity contribution >= 4 is 29.0 Å². The smallest absolute Gasteiger partial charge is 0.261 e. The second-order valence-corrected chi connectivity index (χ2v) is 9.54. The van der Waals surface area contributed by atoms with Gasteiger partial charge in [0.15, 0.2) is 4.77 Å². The quantitative estimate of drug-likeness (QED) is 0.797. The molecule has 0 aliphatic heterocycles. The van der Waals surface area contributed by atoms with Crippen molar-refractivity contribution in [1.82, 2.24) is 14.9 Å². The Morgan fingerprint density at radius 1 is 1.22 bits per heavy atom. The van der Waals surface area contributed by atoms with Crippen molar-refractivity contribution in [3.8, 4) is 0 Å². The Morgan fingerprint density at radius 3 is 2.48 bits per heavy atom. The monoisotopic (exact) mass is 383 g/mol. The number of nitrogens with one attached hydrogen (secondary N) is 2. The molecule has 4 saturated carbocycles. The summed E-state index contributed by atoms with van der Waals surface area (Å²) in [5, 5.41) is 3.74. The van der Waals surface area contributed by atoms with Crippen LogP contribution in [0.2, 0.25) is 0 Å². The minimum atomic E-state index is -0.144. The molecule has 4 fully saturated rings. The molecule has 2 N–H and O–H groups in total. The molecule has 0 atom stereocenters. The molecule has 1 heterocycles. The summed E-state index contributed by atoms with van der Waals surface area (Å²) in [6, 6.07) is 5.18. The zero-order chi connectivity index (χ0) is 18.8. The predicted octanol–water partition coefficient (Wildman–Crippen LogP) is 3.54. The van der Waals surface area contributed by atoms with E-state index in [0.29, 0.717) is 26.7 Å². The number of nitrogens with zero attached hydrogens (tertiary/aromatic N) is 1. The number of aromatic amines is 1. The molecule has 0 spiro atoms. The van der Waals surface area contributed by atoms with Crippen LogP contribution in [0.4, 0.5) is 0 Å². The molecule has 1 aromatic carbocycles. The van der Waals surface area contributed by atoms with Gasteiger partial charge in [0.25, 0.3) is 11.5 Å². The number of benzene rings is 1. The Kier molecular flexibility index (Phi) is 3.83. The largest absolute Gasteiger partial charge is 0.351 e. The van der Waals surface area contributed by atoms with Gasteiger partial charge in [-0.15, -0.1) is 0 Å². The number of carbonyl (C=O) groups is 1. The third kappa shape index (κ3) is 2.85. The number of aromatic nitrogens is 2. The molecular formula is C21H25N3O2S. The van der Waals surface area contributed by atoms with E-state index in [9.17, 15) is 9.59 Å². The second-order valence-electron chi connectivity index (χ2n) is 9.15. The molecule has 6 heteroatoms. The zero-order valence-corrected chi connectivity index (χ0v) is 16.4. The van der Waals surface area contributed by atoms with Crippen LogP contribution < -0.4 is 10.9 Å². The maximum Gasteiger partial charge on any atom is 0.261 e. The average Bonchev–Trinajstić information content (AvgIpc) is 2.63. The lowest BCUT2D eigenvalue weighted by atomic mass is 9.49. The topological polar surface area (TPSA) is 66.9 Å². The standard InChI is InChI=1S/C21H25N3O2S/c1-24-19(26)16-3-2-15(7-17(16)23-20(24)27)18(25)22-11-21-8-12-4-13(9-21)6-14(5-12)10-21/h2-3,7,12-14H,4-6,8-11H2,1H3,(H,22,25)(H,23,27). The molecule has 142 valence electrons. The molecule has 2 aromatic rings. The normalized spacial score (nSPS) is 31.4. The fourth-order valence-corrected chi connectivity index (χ4v) is 6.52. The molecule has 6 rings (SSSR count). The van der Waals surface area contributed by atoms with Crippen LogP contribution in [-0.2, 0) is 7.05 Å². The van der Waals surface area contributed by atoms with Crippen LogP contribution in [0.5, 0.6) is 0 Å². The highest BCUT2D eigenvalue weighted by atomic mass is 32.1. The Balaban J connectivity index is 1.36. The Bertz CT molecular complexity index is 1020. The number of carbonyl (C=O) groups excluding carboxylic acids is 1. The van der Waals surface area contributed by atoms with Crippen LogP contribution in [0, 0.1) is 27.9 Å². The lowest BCUT2D eigenvalue weighted by Gasteiger charge is -2.56. The minimum absolute atomic E-state index is 0.0624. The van der Waals surface area contributed by atoms with Crippen molar-refractivity contribution in [3.63, 3.8) is 0 Å². The van der Waals surface area contributed by atoms with Gasteiger partial charge in [-0.1, -0.05) is 0 Å². The Labute approximate surface area is 163 Å². The van der Waals surface area contributed by atoms with Crippen molar-refractivity contribution in [2.24, 2.45) is 30.2 Å². The molecule has 1 amide bonds. The van der Waals surface area contributed by atoms with Gasteiger partial charge < -0.3 is 10.3 Å². The van der Waals surface area contributed by atoms with Gasteiger partial charge in [-0.25, -0.2) is 0 Å². The fraction of sp³-hybridized carbons (Fsp3) is 0.571. The highest BCUT2D eigenvalue weighted by Crippen LogP contribution is 2.59. The summed E-state index contributed by atoms with van der Waals surface area (Å²) in [6.07, 6.45) is 8.06. The summed E-state index contributed by atoms with van der Waals surface area (Å²) in [6.45, 7) is 0.778. The van der Waals surface area contributed by atoms with E-state index in [-0.39, 0.29) is 11.5 Å². The number of hydrogen-bond acceptors (Lipinski definition) is 3. The summed E-state index contributed by atoms with van der Waals surface area (Å²) in [7, 11) is 1.65. The molecule has 4 aliphatic rings. The second kappa shape index (κ2) is 6.03. The van der Waals surface area contributed by atoms with E-state index in [2.05, 4.69) is 10.3 Å². The van der Waals surface area contributed by atoms with Gasteiger partial charge in [-0.3, -0.25) is 14.2 Å². The molecule has 0 saturated heterocycles. The minimum Gasteiger partial charge on any atom is -0.351 e. The van der Waals surface area contributed by atoms with Gasteiger partial charge in [-0.2, -0.15) is 0 Å². The third-order valence-electron chi connectivity index (χ3n) is 7.15. The van der Waals surface area contributed by atoms with Crippen molar-refractivity contribution in [3.05, 3.63) is 38.9 Å². The third-order valence-corrected chi connectivity index (χ3v) is 7.53. The summed E-state index contributed by atoms with van der Waals surface area (Å²) in [5.41, 5.74) is 1.36. The Hall–Kier alpha value is -1.95. The summed E-state index contributed by atoms with van der Waals surface area (Å²) in [5.74, 6) is 2.58. The number of fused-ring (bicyclic) bond motifs is 1. The van der Waals surface area contributed by atoms with Gasteiger partial charge in [-0.05, 0) is 92.1 Å². The van der Waals surface area contributed by atoms with Crippen LogP contribution in [0.1, 0.15) is 48.9 Å². The van der Waals surface area contributed by atoms with Crippen molar-refractivity contribution in [2.45, 2.75) is 38.5 Å². The average molecular weight is 384 g/mol. The maximum atomic E-state index is 12.8. The van der Waals surface area contributed by atoms with Crippen molar-refractivity contribution in [1.29, 1.82) is 0 Å². The first-order valence-corrected chi connectivity index (χ1v) is 10.3. The van der Waals surface area contributed by atoms with Gasteiger partial charge in [0.2, 0.25) is 0 Å². The first kappa shape index (κ1) is 17.2. The van der Waals surface area contributed by atoms with E-state index in [1.165, 1.54) is 43.1 Å². The molecule has 5 nitrogen and oxygen atoms in total. The van der Waals surface area contributed by atoms with Crippen LogP contribution in [0.15, 0.2) is 23.0 Å². The molecular weight excluding hydrogens is 358 g/mol.